The Morgan fingerprint density at radius 3 is 2.79 bits per heavy atom. The molecule has 0 saturated carbocycles. The molecule has 10 nitrogen and oxygen atoms in total. The van der Waals surface area contributed by atoms with Gasteiger partial charge in [0.05, 0.1) is 35.3 Å². The number of sulfonamides is 1. The fourth-order valence-electron chi connectivity index (χ4n) is 3.19. The van der Waals surface area contributed by atoms with Crippen LogP contribution < -0.4 is 0 Å². The van der Waals surface area contributed by atoms with Crippen molar-refractivity contribution in [2.75, 3.05) is 32.9 Å². The van der Waals surface area contributed by atoms with E-state index in [9.17, 15) is 13.2 Å². The van der Waals surface area contributed by atoms with E-state index >= 15 is 0 Å². The van der Waals surface area contributed by atoms with Crippen LogP contribution in [0.3, 0.4) is 0 Å². The van der Waals surface area contributed by atoms with E-state index in [4.69, 9.17) is 25.6 Å². The van der Waals surface area contributed by atoms with Gasteiger partial charge in [0.25, 0.3) is 0 Å². The maximum atomic E-state index is 12.8. The number of aryl methyl sites for hydroxylation is 1. The Hall–Kier alpha value is -2.86. The Morgan fingerprint density at radius 1 is 1.21 bits per heavy atom. The molecule has 0 radical (unpaired) electrons. The molecule has 0 N–H and O–H groups in total. The first-order valence-electron chi connectivity index (χ1n) is 10.2. The normalized spacial score (nSPS) is 14.8. The summed E-state index contributed by atoms with van der Waals surface area (Å²) in [4.78, 5) is 20.8. The number of hydrogen-bond acceptors (Lipinski definition) is 9. The van der Waals surface area contributed by atoms with Crippen molar-refractivity contribution in [3.05, 3.63) is 59.2 Å². The van der Waals surface area contributed by atoms with Gasteiger partial charge in [0.1, 0.15) is 0 Å². The second kappa shape index (κ2) is 10.4. The summed E-state index contributed by atoms with van der Waals surface area (Å²) in [5.74, 6) is 0.127. The molecule has 33 heavy (non-hydrogen) atoms. The third-order valence-electron chi connectivity index (χ3n) is 4.92. The molecule has 174 valence electrons. The number of aromatic nitrogens is 3. The van der Waals surface area contributed by atoms with Gasteiger partial charge in [-0.25, -0.2) is 13.2 Å². The molecule has 0 unspecified atom stereocenters. The van der Waals surface area contributed by atoms with Crippen molar-refractivity contribution in [1.29, 1.82) is 0 Å². The molecule has 12 heteroatoms. The van der Waals surface area contributed by atoms with Crippen LogP contribution in [-0.4, -0.2) is 66.7 Å². The van der Waals surface area contributed by atoms with Gasteiger partial charge in [-0.1, -0.05) is 16.8 Å². The van der Waals surface area contributed by atoms with Crippen molar-refractivity contribution in [2.45, 2.75) is 17.7 Å². The molecule has 0 amide bonds. The van der Waals surface area contributed by atoms with Crippen LogP contribution in [0.5, 0.6) is 0 Å². The first kappa shape index (κ1) is 23.3. The lowest BCUT2D eigenvalue weighted by Crippen LogP contribution is -2.40. The van der Waals surface area contributed by atoms with Crippen LogP contribution in [0.25, 0.3) is 11.4 Å². The third kappa shape index (κ3) is 5.56. The number of morpholine rings is 1. The number of benzene rings is 1. The minimum absolute atomic E-state index is 0.0114. The Balaban J connectivity index is 1.34. The average molecular weight is 493 g/mol. The number of carbonyl (C=O) groups excluding carboxylic acids is 1. The summed E-state index contributed by atoms with van der Waals surface area (Å²) >= 11 is 6.13. The highest BCUT2D eigenvalue weighted by Gasteiger charge is 2.28. The summed E-state index contributed by atoms with van der Waals surface area (Å²) in [5, 5.41) is 4.02. The van der Waals surface area contributed by atoms with E-state index in [2.05, 4.69) is 15.1 Å². The van der Waals surface area contributed by atoms with E-state index in [0.717, 1.165) is 5.56 Å². The quantitative estimate of drug-likeness (QED) is 0.344. The molecular formula is C21H21ClN4O6S. The zero-order valence-electron chi connectivity index (χ0n) is 17.5. The van der Waals surface area contributed by atoms with E-state index in [1.54, 1.807) is 18.5 Å². The molecule has 1 aliphatic heterocycles. The number of halogens is 1. The highest BCUT2D eigenvalue weighted by atomic mass is 35.5. The predicted molar refractivity (Wildman–Crippen MR) is 117 cm³/mol. The molecular weight excluding hydrogens is 472 g/mol. The third-order valence-corrected chi connectivity index (χ3v) is 7.15. The lowest BCUT2D eigenvalue weighted by atomic mass is 10.2. The fourth-order valence-corrected chi connectivity index (χ4v) is 4.82. The van der Waals surface area contributed by atoms with E-state index in [1.807, 2.05) is 6.07 Å². The van der Waals surface area contributed by atoms with E-state index in [1.165, 1.54) is 22.5 Å². The summed E-state index contributed by atoms with van der Waals surface area (Å²) in [6, 6.07) is 7.59. The number of pyridine rings is 1. The molecule has 1 fully saturated rings. The highest BCUT2D eigenvalue weighted by molar-refractivity contribution is 7.89. The summed E-state index contributed by atoms with van der Waals surface area (Å²) in [5.41, 5.74) is 0.725. The van der Waals surface area contributed by atoms with Crippen molar-refractivity contribution < 1.29 is 27.2 Å². The van der Waals surface area contributed by atoms with Crippen LogP contribution in [0.2, 0.25) is 5.02 Å². The van der Waals surface area contributed by atoms with Crippen LogP contribution >= 0.6 is 11.6 Å². The van der Waals surface area contributed by atoms with E-state index < -0.39 is 16.0 Å². The maximum Gasteiger partial charge on any atom is 0.339 e. The largest absolute Gasteiger partial charge is 0.462 e. The smallest absolute Gasteiger partial charge is 0.339 e. The van der Waals surface area contributed by atoms with Gasteiger partial charge in [0.2, 0.25) is 21.7 Å². The van der Waals surface area contributed by atoms with Gasteiger partial charge < -0.3 is 14.0 Å². The lowest BCUT2D eigenvalue weighted by molar-refractivity contribution is 0.0498. The molecule has 0 aliphatic carbocycles. The molecule has 3 aromatic rings. The van der Waals surface area contributed by atoms with Crippen LogP contribution in [-0.2, 0) is 25.9 Å². The summed E-state index contributed by atoms with van der Waals surface area (Å²) in [6.07, 6.45) is 4.12. The van der Waals surface area contributed by atoms with Crippen LogP contribution in [0.4, 0.5) is 0 Å². The predicted octanol–water partition coefficient (Wildman–Crippen LogP) is 2.60. The molecule has 2 aromatic heterocycles. The fraction of sp³-hybridized carbons (Fsp3) is 0.333. The van der Waals surface area contributed by atoms with Crippen LogP contribution in [0, 0.1) is 0 Å². The summed E-state index contributed by atoms with van der Waals surface area (Å²) in [7, 11) is -3.76. The zero-order valence-corrected chi connectivity index (χ0v) is 19.1. The van der Waals surface area contributed by atoms with Crippen molar-refractivity contribution in [2.24, 2.45) is 0 Å². The molecule has 0 atom stereocenters. The number of hydrogen-bond donors (Lipinski definition) is 0. The second-order valence-corrected chi connectivity index (χ2v) is 9.50. The highest BCUT2D eigenvalue weighted by Crippen LogP contribution is 2.24. The number of esters is 1. The molecule has 0 bridgehead atoms. The molecule has 1 saturated heterocycles. The number of ether oxygens (including phenoxy) is 2. The molecule has 3 heterocycles. The van der Waals surface area contributed by atoms with Crippen molar-refractivity contribution in [3.63, 3.8) is 0 Å². The van der Waals surface area contributed by atoms with Gasteiger partial charge >= 0.3 is 5.97 Å². The Kier molecular flexibility index (Phi) is 7.33. The molecule has 0 spiro atoms. The van der Waals surface area contributed by atoms with E-state index in [0.29, 0.717) is 37.8 Å². The van der Waals surface area contributed by atoms with Gasteiger partial charge in [-0.2, -0.15) is 9.29 Å². The lowest BCUT2D eigenvalue weighted by Gasteiger charge is -2.26. The second-order valence-electron chi connectivity index (χ2n) is 7.15. The van der Waals surface area contributed by atoms with Crippen molar-refractivity contribution in [3.8, 4) is 11.4 Å². The first-order valence-corrected chi connectivity index (χ1v) is 12.0. The minimum atomic E-state index is -3.76. The van der Waals surface area contributed by atoms with Gasteiger partial charge in [0.15, 0.2) is 0 Å². The molecule has 1 aromatic carbocycles. The van der Waals surface area contributed by atoms with Crippen LogP contribution in [0.1, 0.15) is 22.7 Å². The average Bonchev–Trinajstić information content (AvgIpc) is 3.32. The number of carbonyl (C=O) groups is 1. The molecule has 1 aliphatic rings. The first-order chi connectivity index (χ1) is 15.9. The van der Waals surface area contributed by atoms with Crippen LogP contribution in [0.15, 0.2) is 52.1 Å². The summed E-state index contributed by atoms with van der Waals surface area (Å²) in [6.45, 7) is 1.23. The SMILES string of the molecule is O=C(OCCCc1nc(-c2cccnc2)no1)c1cc(S(=O)(=O)N2CCOCC2)ccc1Cl. The van der Waals surface area contributed by atoms with Gasteiger partial charge in [-0.15, -0.1) is 0 Å². The Morgan fingerprint density at radius 2 is 2.03 bits per heavy atom. The van der Waals surface area contributed by atoms with Gasteiger partial charge in [0, 0.05) is 37.5 Å². The standard InChI is InChI=1S/C21H21ClN4O6S/c22-18-6-5-16(33(28,29)26-8-11-30-12-9-26)13-17(18)21(27)31-10-2-4-19-24-20(25-32-19)15-3-1-7-23-14-15/h1,3,5-7,13-14H,2,4,8-12H2. The van der Waals surface area contributed by atoms with Gasteiger partial charge in [-0.3, -0.25) is 4.98 Å². The maximum absolute atomic E-state index is 12.8. The minimum Gasteiger partial charge on any atom is -0.462 e. The summed E-state index contributed by atoms with van der Waals surface area (Å²) < 4.78 is 42.7. The monoisotopic (exact) mass is 492 g/mol. The molecule has 4 rings (SSSR count). The van der Waals surface area contributed by atoms with Gasteiger partial charge in [-0.05, 0) is 36.8 Å². The van der Waals surface area contributed by atoms with E-state index in [-0.39, 0.29) is 35.2 Å². The Bertz CT molecular complexity index is 1210. The Labute approximate surface area is 195 Å². The zero-order chi connectivity index (χ0) is 23.3. The van der Waals surface area contributed by atoms with Crippen molar-refractivity contribution >= 4 is 27.6 Å². The number of rotatable bonds is 8. The topological polar surface area (TPSA) is 125 Å². The van der Waals surface area contributed by atoms with Crippen molar-refractivity contribution in [1.82, 2.24) is 19.4 Å². The number of nitrogens with zero attached hydrogens (tertiary/aromatic N) is 4.